The van der Waals surface area contributed by atoms with Crippen molar-refractivity contribution in [3.8, 4) is 5.75 Å². The fraction of sp³-hybridized carbons (Fsp3) is 0.222. The molecule has 4 heteroatoms. The normalized spacial score (nSPS) is 16.5. The summed E-state index contributed by atoms with van der Waals surface area (Å²) < 4.78 is 5.31. The van der Waals surface area contributed by atoms with Crippen molar-refractivity contribution < 1.29 is 4.74 Å². The van der Waals surface area contributed by atoms with Gasteiger partial charge in [-0.25, -0.2) is 9.97 Å². The van der Waals surface area contributed by atoms with E-state index in [-0.39, 0.29) is 0 Å². The molecule has 4 rings (SSSR count). The first-order valence-electron chi connectivity index (χ1n) is 7.45. The lowest BCUT2D eigenvalue weighted by atomic mass is 10.1. The minimum absolute atomic E-state index is 0.361. The molecule has 4 nitrogen and oxygen atoms in total. The average molecular weight is 291 g/mol. The Morgan fingerprint density at radius 2 is 1.91 bits per heavy atom. The lowest BCUT2D eigenvalue weighted by Crippen LogP contribution is -2.20. The van der Waals surface area contributed by atoms with Gasteiger partial charge in [-0.3, -0.25) is 0 Å². The largest absolute Gasteiger partial charge is 0.497 e. The molecule has 0 saturated heterocycles. The minimum atomic E-state index is 0.361. The summed E-state index contributed by atoms with van der Waals surface area (Å²) in [5, 5.41) is 4.64. The second-order valence-corrected chi connectivity index (χ2v) is 5.62. The van der Waals surface area contributed by atoms with E-state index in [1.807, 2.05) is 24.3 Å². The summed E-state index contributed by atoms with van der Waals surface area (Å²) in [6.07, 6.45) is 3.62. The number of para-hydroxylation sites is 1. The SMILES string of the molecule is COc1ccc2c(c1)CC(Nc1ncnc3ccccc13)C2. The van der Waals surface area contributed by atoms with E-state index >= 15 is 0 Å². The van der Waals surface area contributed by atoms with E-state index in [2.05, 4.69) is 33.5 Å². The van der Waals surface area contributed by atoms with Crippen molar-refractivity contribution >= 4 is 16.7 Å². The number of anilines is 1. The van der Waals surface area contributed by atoms with E-state index in [0.717, 1.165) is 35.3 Å². The highest BCUT2D eigenvalue weighted by molar-refractivity contribution is 5.88. The highest BCUT2D eigenvalue weighted by atomic mass is 16.5. The van der Waals surface area contributed by atoms with Crippen LogP contribution in [-0.2, 0) is 12.8 Å². The van der Waals surface area contributed by atoms with Crippen molar-refractivity contribution in [3.05, 3.63) is 59.9 Å². The molecule has 22 heavy (non-hydrogen) atoms. The summed E-state index contributed by atoms with van der Waals surface area (Å²) >= 11 is 0. The Bertz CT molecular complexity index is 826. The number of nitrogens with zero attached hydrogens (tertiary/aromatic N) is 2. The highest BCUT2D eigenvalue weighted by Crippen LogP contribution is 2.29. The van der Waals surface area contributed by atoms with Gasteiger partial charge in [-0.15, -0.1) is 0 Å². The van der Waals surface area contributed by atoms with Crippen LogP contribution >= 0.6 is 0 Å². The van der Waals surface area contributed by atoms with Gasteiger partial charge in [0.1, 0.15) is 17.9 Å². The zero-order chi connectivity index (χ0) is 14.9. The molecule has 1 aliphatic rings. The molecule has 1 unspecified atom stereocenters. The van der Waals surface area contributed by atoms with Gasteiger partial charge in [0.05, 0.1) is 12.6 Å². The maximum atomic E-state index is 5.31. The molecule has 110 valence electrons. The molecule has 1 atom stereocenters. The van der Waals surface area contributed by atoms with Gasteiger partial charge in [0.25, 0.3) is 0 Å². The monoisotopic (exact) mass is 291 g/mol. The number of rotatable bonds is 3. The topological polar surface area (TPSA) is 47.0 Å². The molecule has 2 aromatic carbocycles. The maximum Gasteiger partial charge on any atom is 0.137 e. The molecule has 0 amide bonds. The van der Waals surface area contributed by atoms with Gasteiger partial charge in [-0.05, 0) is 48.2 Å². The van der Waals surface area contributed by atoms with Gasteiger partial charge in [0.2, 0.25) is 0 Å². The Balaban J connectivity index is 1.60. The summed E-state index contributed by atoms with van der Waals surface area (Å²) in [6, 6.07) is 14.8. The lowest BCUT2D eigenvalue weighted by molar-refractivity contribution is 0.414. The fourth-order valence-electron chi connectivity index (χ4n) is 3.14. The number of methoxy groups -OCH3 is 1. The first-order chi connectivity index (χ1) is 10.8. The van der Waals surface area contributed by atoms with Gasteiger partial charge < -0.3 is 10.1 Å². The Labute approximate surface area is 129 Å². The van der Waals surface area contributed by atoms with Crippen LogP contribution in [0, 0.1) is 0 Å². The third kappa shape index (κ3) is 2.26. The van der Waals surface area contributed by atoms with Crippen LogP contribution in [0.5, 0.6) is 5.75 Å². The zero-order valence-corrected chi connectivity index (χ0v) is 12.4. The Morgan fingerprint density at radius 3 is 2.82 bits per heavy atom. The van der Waals surface area contributed by atoms with Gasteiger partial charge in [0, 0.05) is 11.4 Å². The molecule has 0 fully saturated rings. The number of hydrogen-bond donors (Lipinski definition) is 1. The van der Waals surface area contributed by atoms with Crippen LogP contribution in [0.25, 0.3) is 10.9 Å². The molecule has 0 radical (unpaired) electrons. The number of aromatic nitrogens is 2. The average Bonchev–Trinajstić information content (AvgIpc) is 2.96. The molecule has 1 N–H and O–H groups in total. The van der Waals surface area contributed by atoms with Crippen molar-refractivity contribution in [1.82, 2.24) is 9.97 Å². The molecule has 0 spiro atoms. The van der Waals surface area contributed by atoms with Crippen LogP contribution in [0.1, 0.15) is 11.1 Å². The Kier molecular flexibility index (Phi) is 3.15. The van der Waals surface area contributed by atoms with E-state index in [1.165, 1.54) is 11.1 Å². The van der Waals surface area contributed by atoms with Gasteiger partial charge >= 0.3 is 0 Å². The molecular formula is C18H17N3O. The van der Waals surface area contributed by atoms with Crippen LogP contribution in [-0.4, -0.2) is 23.1 Å². The number of benzene rings is 2. The summed E-state index contributed by atoms with van der Waals surface area (Å²) in [4.78, 5) is 8.73. The summed E-state index contributed by atoms with van der Waals surface area (Å²) in [7, 11) is 1.71. The zero-order valence-electron chi connectivity index (χ0n) is 12.4. The van der Waals surface area contributed by atoms with E-state index in [4.69, 9.17) is 4.74 Å². The number of nitrogens with one attached hydrogen (secondary N) is 1. The van der Waals surface area contributed by atoms with Crippen molar-refractivity contribution in [2.24, 2.45) is 0 Å². The molecular weight excluding hydrogens is 274 g/mol. The van der Waals surface area contributed by atoms with E-state index in [1.54, 1.807) is 13.4 Å². The first-order valence-corrected chi connectivity index (χ1v) is 7.45. The molecule has 1 aliphatic carbocycles. The molecule has 0 aliphatic heterocycles. The quantitative estimate of drug-likeness (QED) is 0.805. The second-order valence-electron chi connectivity index (χ2n) is 5.62. The first kappa shape index (κ1) is 13.1. The van der Waals surface area contributed by atoms with Crippen molar-refractivity contribution in [3.63, 3.8) is 0 Å². The van der Waals surface area contributed by atoms with Crippen LogP contribution in [0.15, 0.2) is 48.8 Å². The van der Waals surface area contributed by atoms with E-state index in [0.29, 0.717) is 6.04 Å². The third-order valence-electron chi connectivity index (χ3n) is 4.23. The minimum Gasteiger partial charge on any atom is -0.497 e. The molecule has 1 aromatic heterocycles. The van der Waals surface area contributed by atoms with E-state index in [9.17, 15) is 0 Å². The van der Waals surface area contributed by atoms with Crippen LogP contribution in [0.4, 0.5) is 5.82 Å². The van der Waals surface area contributed by atoms with E-state index < -0.39 is 0 Å². The Hall–Kier alpha value is -2.62. The number of fused-ring (bicyclic) bond motifs is 2. The highest BCUT2D eigenvalue weighted by Gasteiger charge is 2.22. The molecule has 0 saturated carbocycles. The van der Waals surface area contributed by atoms with Crippen molar-refractivity contribution in [2.45, 2.75) is 18.9 Å². The summed E-state index contributed by atoms with van der Waals surface area (Å²) in [5.74, 6) is 1.84. The standard InChI is InChI=1S/C18H17N3O/c1-22-15-7-6-12-8-14(9-13(12)10-15)21-18-16-4-2-3-5-17(16)19-11-20-18/h2-7,10-11,14H,8-9H2,1H3,(H,19,20,21). The van der Waals surface area contributed by atoms with Crippen LogP contribution in [0.3, 0.4) is 0 Å². The van der Waals surface area contributed by atoms with Gasteiger partial charge in [0.15, 0.2) is 0 Å². The van der Waals surface area contributed by atoms with Crippen molar-refractivity contribution in [2.75, 3.05) is 12.4 Å². The predicted molar refractivity (Wildman–Crippen MR) is 87.4 cm³/mol. The fourth-order valence-corrected chi connectivity index (χ4v) is 3.14. The van der Waals surface area contributed by atoms with Crippen LogP contribution < -0.4 is 10.1 Å². The van der Waals surface area contributed by atoms with Gasteiger partial charge in [-0.2, -0.15) is 0 Å². The smallest absolute Gasteiger partial charge is 0.137 e. The Morgan fingerprint density at radius 1 is 1.05 bits per heavy atom. The maximum absolute atomic E-state index is 5.31. The number of ether oxygens (including phenoxy) is 1. The summed E-state index contributed by atoms with van der Waals surface area (Å²) in [5.41, 5.74) is 3.71. The van der Waals surface area contributed by atoms with Gasteiger partial charge in [-0.1, -0.05) is 18.2 Å². The molecule has 3 aromatic rings. The number of hydrogen-bond acceptors (Lipinski definition) is 4. The molecule has 1 heterocycles. The lowest BCUT2D eigenvalue weighted by Gasteiger charge is -2.14. The second kappa shape index (κ2) is 5.30. The third-order valence-corrected chi connectivity index (χ3v) is 4.23. The predicted octanol–water partition coefficient (Wildman–Crippen LogP) is 3.22. The molecule has 0 bridgehead atoms. The summed E-state index contributed by atoms with van der Waals surface area (Å²) in [6.45, 7) is 0. The van der Waals surface area contributed by atoms with Crippen LogP contribution in [0.2, 0.25) is 0 Å². The van der Waals surface area contributed by atoms with Crippen molar-refractivity contribution in [1.29, 1.82) is 0 Å².